The minimum atomic E-state index is -0.242. The molecule has 35 heavy (non-hydrogen) atoms. The van der Waals surface area contributed by atoms with E-state index >= 15 is 0 Å². The molecule has 1 saturated carbocycles. The first kappa shape index (κ1) is 24.3. The van der Waals surface area contributed by atoms with Crippen LogP contribution in [-0.2, 0) is 11.2 Å². The zero-order valence-electron chi connectivity index (χ0n) is 20.1. The number of piperidine rings is 1. The minimum absolute atomic E-state index is 0.0872. The topological polar surface area (TPSA) is 61.0 Å². The van der Waals surface area contributed by atoms with Gasteiger partial charge in [-0.3, -0.25) is 9.89 Å². The van der Waals surface area contributed by atoms with Gasteiger partial charge in [0.2, 0.25) is 5.91 Å². The summed E-state index contributed by atoms with van der Waals surface area (Å²) in [7, 11) is 0. The molecule has 5 nitrogen and oxygen atoms in total. The number of fused-ring (bicyclic) bond motifs is 1. The molecule has 0 unspecified atom stereocenters. The number of carbonyl (C=O) groups excluding carboxylic acids is 1. The highest BCUT2D eigenvalue weighted by molar-refractivity contribution is 6.30. The van der Waals surface area contributed by atoms with Gasteiger partial charge >= 0.3 is 0 Å². The maximum Gasteiger partial charge on any atom is 0.224 e. The SMILES string of the molecule is O=C(Cc1ccc(Cl)cc1)NC[C@@H]1CCCC[C@H]1CN1CCC(c2[nH]nc3cc(F)ccc23)CC1. The number of nitrogens with one attached hydrogen (secondary N) is 2. The number of aromatic nitrogens is 2. The Hall–Kier alpha value is -2.44. The summed E-state index contributed by atoms with van der Waals surface area (Å²) in [5, 5.41) is 12.4. The van der Waals surface area contributed by atoms with E-state index in [4.69, 9.17) is 11.6 Å². The normalized spacial score (nSPS) is 21.9. The molecule has 2 aromatic carbocycles. The number of rotatable bonds is 7. The Morgan fingerprint density at radius 1 is 1.06 bits per heavy atom. The number of likely N-dealkylation sites (tertiary alicyclic amines) is 1. The van der Waals surface area contributed by atoms with Gasteiger partial charge in [0.05, 0.1) is 11.9 Å². The van der Waals surface area contributed by atoms with Gasteiger partial charge in [0.15, 0.2) is 0 Å². The maximum atomic E-state index is 13.5. The van der Waals surface area contributed by atoms with Crippen LogP contribution in [0.5, 0.6) is 0 Å². The number of aromatic amines is 1. The summed E-state index contributed by atoms with van der Waals surface area (Å²) >= 11 is 5.95. The maximum absolute atomic E-state index is 13.5. The largest absolute Gasteiger partial charge is 0.356 e. The summed E-state index contributed by atoms with van der Waals surface area (Å²) in [6.07, 6.45) is 7.55. The number of hydrogen-bond donors (Lipinski definition) is 2. The standard InChI is InChI=1S/C28H34ClFN4O/c29-23-7-5-19(6-8-23)15-27(35)31-17-21-3-1-2-4-22(21)18-34-13-11-20(12-14-34)28-25-10-9-24(30)16-26(25)32-33-28/h5-10,16,20-22H,1-4,11-15,17-18H2,(H,31,35)(H,32,33)/t21-,22-/m0/s1. The smallest absolute Gasteiger partial charge is 0.224 e. The van der Waals surface area contributed by atoms with E-state index in [-0.39, 0.29) is 11.7 Å². The third kappa shape index (κ3) is 6.04. The lowest BCUT2D eigenvalue weighted by Crippen LogP contribution is -2.42. The van der Waals surface area contributed by atoms with Crippen LogP contribution in [0, 0.1) is 17.7 Å². The first-order chi connectivity index (χ1) is 17.0. The van der Waals surface area contributed by atoms with E-state index in [1.54, 1.807) is 0 Å². The third-order valence-corrected chi connectivity index (χ3v) is 8.19. The first-order valence-corrected chi connectivity index (χ1v) is 13.3. The van der Waals surface area contributed by atoms with Gasteiger partial charge in [-0.2, -0.15) is 5.10 Å². The van der Waals surface area contributed by atoms with E-state index in [1.807, 2.05) is 30.3 Å². The summed E-state index contributed by atoms with van der Waals surface area (Å²) in [6.45, 7) is 4.01. The van der Waals surface area contributed by atoms with Crippen LogP contribution >= 0.6 is 11.6 Å². The van der Waals surface area contributed by atoms with E-state index in [0.29, 0.717) is 34.7 Å². The van der Waals surface area contributed by atoms with Crippen LogP contribution < -0.4 is 5.32 Å². The molecule has 1 aliphatic carbocycles. The number of amides is 1. The van der Waals surface area contributed by atoms with E-state index in [9.17, 15) is 9.18 Å². The Kier molecular flexibility index (Phi) is 7.69. The molecule has 1 amide bonds. The Morgan fingerprint density at radius 2 is 1.80 bits per heavy atom. The number of benzene rings is 2. The minimum Gasteiger partial charge on any atom is -0.356 e. The molecule has 2 aliphatic rings. The van der Waals surface area contributed by atoms with Gasteiger partial charge in [-0.1, -0.05) is 36.6 Å². The first-order valence-electron chi connectivity index (χ1n) is 12.9. The molecular weight excluding hydrogens is 463 g/mol. The second kappa shape index (κ2) is 11.1. The molecule has 2 N–H and O–H groups in total. The highest BCUT2D eigenvalue weighted by Gasteiger charge is 2.30. The molecule has 7 heteroatoms. The molecule has 3 aromatic rings. The molecule has 2 atom stereocenters. The van der Waals surface area contributed by atoms with Gasteiger partial charge in [0.1, 0.15) is 5.82 Å². The fraction of sp³-hybridized carbons (Fsp3) is 0.500. The molecule has 0 bridgehead atoms. The molecule has 0 spiro atoms. The van der Waals surface area contributed by atoms with Crippen LogP contribution in [0.3, 0.4) is 0 Å². The number of H-pyrrole nitrogens is 1. The van der Waals surface area contributed by atoms with Crippen molar-refractivity contribution in [1.29, 1.82) is 0 Å². The summed E-state index contributed by atoms with van der Waals surface area (Å²) < 4.78 is 13.5. The van der Waals surface area contributed by atoms with Gasteiger partial charge in [0, 0.05) is 41.2 Å². The van der Waals surface area contributed by atoms with E-state index < -0.39 is 0 Å². The zero-order chi connectivity index (χ0) is 24.2. The van der Waals surface area contributed by atoms with Crippen molar-refractivity contribution in [2.75, 3.05) is 26.2 Å². The third-order valence-electron chi connectivity index (χ3n) is 7.94. The second-order valence-electron chi connectivity index (χ2n) is 10.3. The van der Waals surface area contributed by atoms with Crippen LogP contribution in [0.1, 0.15) is 55.7 Å². The second-order valence-corrected chi connectivity index (χ2v) is 10.7. The van der Waals surface area contributed by atoms with Crippen LogP contribution in [-0.4, -0.2) is 47.2 Å². The highest BCUT2D eigenvalue weighted by Crippen LogP contribution is 2.34. The Labute approximate surface area is 211 Å². The Balaban J connectivity index is 1.11. The van der Waals surface area contributed by atoms with Crippen LogP contribution in [0.2, 0.25) is 5.02 Å². The van der Waals surface area contributed by atoms with Crippen molar-refractivity contribution >= 4 is 28.4 Å². The summed E-state index contributed by atoms with van der Waals surface area (Å²) in [6, 6.07) is 12.4. The highest BCUT2D eigenvalue weighted by atomic mass is 35.5. The van der Waals surface area contributed by atoms with Crippen LogP contribution in [0.4, 0.5) is 4.39 Å². The van der Waals surface area contributed by atoms with Crippen LogP contribution in [0.15, 0.2) is 42.5 Å². The van der Waals surface area contributed by atoms with Gasteiger partial charge < -0.3 is 10.2 Å². The summed E-state index contributed by atoms with van der Waals surface area (Å²) in [4.78, 5) is 15.1. The summed E-state index contributed by atoms with van der Waals surface area (Å²) in [5.74, 6) is 1.46. The van der Waals surface area contributed by atoms with Crippen molar-refractivity contribution in [3.63, 3.8) is 0 Å². The van der Waals surface area contributed by atoms with Crippen molar-refractivity contribution in [3.8, 4) is 0 Å². The molecule has 1 saturated heterocycles. The van der Waals surface area contributed by atoms with Crippen molar-refractivity contribution < 1.29 is 9.18 Å². The van der Waals surface area contributed by atoms with Crippen LogP contribution in [0.25, 0.3) is 10.9 Å². The average Bonchev–Trinajstić information content (AvgIpc) is 3.28. The van der Waals surface area contributed by atoms with E-state index in [0.717, 1.165) is 55.7 Å². The number of nitrogens with zero attached hydrogens (tertiary/aromatic N) is 2. The lowest BCUT2D eigenvalue weighted by atomic mass is 9.78. The number of hydrogen-bond acceptors (Lipinski definition) is 3. The molecule has 1 aromatic heterocycles. The molecule has 2 fully saturated rings. The predicted octanol–water partition coefficient (Wildman–Crippen LogP) is 5.70. The van der Waals surface area contributed by atoms with E-state index in [2.05, 4.69) is 20.4 Å². The van der Waals surface area contributed by atoms with Gasteiger partial charge in [-0.25, -0.2) is 4.39 Å². The number of halogens is 2. The molecule has 1 aliphatic heterocycles. The lowest BCUT2D eigenvalue weighted by molar-refractivity contribution is -0.120. The fourth-order valence-electron chi connectivity index (χ4n) is 5.94. The van der Waals surface area contributed by atoms with Gasteiger partial charge in [-0.15, -0.1) is 0 Å². The van der Waals surface area contributed by atoms with Crippen molar-refractivity contribution in [3.05, 3.63) is 64.6 Å². The molecule has 5 rings (SSSR count). The molecule has 0 radical (unpaired) electrons. The molecule has 186 valence electrons. The monoisotopic (exact) mass is 496 g/mol. The van der Waals surface area contributed by atoms with Crippen molar-refractivity contribution in [1.82, 2.24) is 20.4 Å². The molecule has 2 heterocycles. The van der Waals surface area contributed by atoms with Crippen molar-refractivity contribution in [2.45, 2.75) is 50.9 Å². The Morgan fingerprint density at radius 3 is 2.57 bits per heavy atom. The fourth-order valence-corrected chi connectivity index (χ4v) is 6.07. The summed E-state index contributed by atoms with van der Waals surface area (Å²) in [5.41, 5.74) is 2.86. The quantitative estimate of drug-likeness (QED) is 0.441. The lowest BCUT2D eigenvalue weighted by Gasteiger charge is -2.38. The predicted molar refractivity (Wildman–Crippen MR) is 138 cm³/mol. The van der Waals surface area contributed by atoms with Gasteiger partial charge in [-0.05, 0) is 80.4 Å². The van der Waals surface area contributed by atoms with E-state index in [1.165, 1.54) is 37.8 Å². The molecular formula is C28H34ClFN4O. The zero-order valence-corrected chi connectivity index (χ0v) is 20.9. The average molecular weight is 497 g/mol. The van der Waals surface area contributed by atoms with Gasteiger partial charge in [0.25, 0.3) is 0 Å². The van der Waals surface area contributed by atoms with Crippen molar-refractivity contribution in [2.24, 2.45) is 11.8 Å². The Bertz CT molecular complexity index is 1140. The number of carbonyl (C=O) groups is 1.